The second kappa shape index (κ2) is 5.98. The molecule has 2 atom stereocenters. The minimum absolute atomic E-state index is 0.123. The Balaban J connectivity index is 2.13. The van der Waals surface area contributed by atoms with Crippen LogP contribution < -0.4 is 10.6 Å². The molecule has 1 aliphatic rings. The minimum Gasteiger partial charge on any atom is -0.393 e. The van der Waals surface area contributed by atoms with Gasteiger partial charge in [0.15, 0.2) is 0 Å². The highest BCUT2D eigenvalue weighted by molar-refractivity contribution is 5.78. The molecule has 0 saturated carbocycles. The van der Waals surface area contributed by atoms with Gasteiger partial charge in [-0.25, -0.2) is 0 Å². The summed E-state index contributed by atoms with van der Waals surface area (Å²) in [6.07, 6.45) is 2.35. The van der Waals surface area contributed by atoms with Gasteiger partial charge in [0, 0.05) is 13.1 Å². The molecule has 1 aliphatic heterocycles. The van der Waals surface area contributed by atoms with Gasteiger partial charge in [-0.15, -0.1) is 0 Å². The Morgan fingerprint density at radius 1 is 1.71 bits per heavy atom. The van der Waals surface area contributed by atoms with Crippen molar-refractivity contribution >= 4 is 5.91 Å². The number of rotatable bonds is 4. The molecule has 0 aromatic carbocycles. The topological polar surface area (TPSA) is 61.4 Å². The van der Waals surface area contributed by atoms with Crippen molar-refractivity contribution in [1.82, 2.24) is 10.6 Å². The molecule has 1 amide bonds. The zero-order valence-electron chi connectivity index (χ0n) is 8.75. The summed E-state index contributed by atoms with van der Waals surface area (Å²) in [7, 11) is 0. The third-order valence-corrected chi connectivity index (χ3v) is 2.53. The van der Waals surface area contributed by atoms with E-state index in [9.17, 15) is 4.79 Å². The lowest BCUT2D eigenvalue weighted by molar-refractivity contribution is -0.125. The van der Waals surface area contributed by atoms with E-state index in [2.05, 4.69) is 10.6 Å². The third kappa shape index (κ3) is 4.07. The van der Waals surface area contributed by atoms with Crippen molar-refractivity contribution in [3.8, 4) is 0 Å². The molecule has 3 N–H and O–H groups in total. The highest BCUT2D eigenvalue weighted by atomic mass is 16.3. The smallest absolute Gasteiger partial charge is 0.224 e. The van der Waals surface area contributed by atoms with Crippen molar-refractivity contribution in [2.24, 2.45) is 5.92 Å². The average molecular weight is 200 g/mol. The Hall–Kier alpha value is -0.610. The Labute approximate surface area is 85.1 Å². The van der Waals surface area contributed by atoms with Gasteiger partial charge in [0.05, 0.1) is 12.0 Å². The molecular formula is C10H20N2O2. The molecule has 4 heteroatoms. The van der Waals surface area contributed by atoms with Crippen molar-refractivity contribution in [2.75, 3.05) is 19.6 Å². The summed E-state index contributed by atoms with van der Waals surface area (Å²) >= 11 is 0. The number of carbonyl (C=O) groups is 1. The SMILES string of the molecule is CC(O)CCNC(=O)[C@@H]1CCCNC1. The molecule has 0 aromatic heterocycles. The summed E-state index contributed by atoms with van der Waals surface area (Å²) in [5, 5.41) is 15.1. The lowest BCUT2D eigenvalue weighted by Gasteiger charge is -2.21. The second-order valence-electron chi connectivity index (χ2n) is 3.97. The summed E-state index contributed by atoms with van der Waals surface area (Å²) in [5.74, 6) is 0.246. The molecule has 1 heterocycles. The molecular weight excluding hydrogens is 180 g/mol. The number of amides is 1. The first-order chi connectivity index (χ1) is 6.70. The van der Waals surface area contributed by atoms with Crippen molar-refractivity contribution in [2.45, 2.75) is 32.3 Å². The summed E-state index contributed by atoms with van der Waals surface area (Å²) in [6.45, 7) is 4.12. The van der Waals surface area contributed by atoms with Crippen LogP contribution in [-0.4, -0.2) is 36.8 Å². The van der Waals surface area contributed by atoms with Gasteiger partial charge in [-0.1, -0.05) is 0 Å². The van der Waals surface area contributed by atoms with Gasteiger partial charge in [0.2, 0.25) is 5.91 Å². The van der Waals surface area contributed by atoms with E-state index < -0.39 is 0 Å². The first-order valence-electron chi connectivity index (χ1n) is 5.36. The largest absolute Gasteiger partial charge is 0.393 e. The van der Waals surface area contributed by atoms with E-state index >= 15 is 0 Å². The summed E-state index contributed by atoms with van der Waals surface area (Å²) < 4.78 is 0. The molecule has 0 aromatic rings. The predicted molar refractivity (Wildman–Crippen MR) is 54.9 cm³/mol. The Bertz CT molecular complexity index is 177. The first-order valence-corrected chi connectivity index (χ1v) is 5.36. The van der Waals surface area contributed by atoms with Crippen molar-refractivity contribution in [1.29, 1.82) is 0 Å². The fourth-order valence-corrected chi connectivity index (χ4v) is 1.62. The van der Waals surface area contributed by atoms with Gasteiger partial charge in [-0.05, 0) is 32.7 Å². The molecule has 1 rings (SSSR count). The summed E-state index contributed by atoms with van der Waals surface area (Å²) in [6, 6.07) is 0. The summed E-state index contributed by atoms with van der Waals surface area (Å²) in [5.41, 5.74) is 0. The monoisotopic (exact) mass is 200 g/mol. The van der Waals surface area contributed by atoms with Gasteiger partial charge in [-0.2, -0.15) is 0 Å². The van der Waals surface area contributed by atoms with E-state index in [4.69, 9.17) is 5.11 Å². The molecule has 0 bridgehead atoms. The molecule has 0 spiro atoms. The van der Waals surface area contributed by atoms with Crippen LogP contribution in [0.5, 0.6) is 0 Å². The van der Waals surface area contributed by atoms with Gasteiger partial charge in [0.1, 0.15) is 0 Å². The zero-order valence-corrected chi connectivity index (χ0v) is 8.75. The van der Waals surface area contributed by atoms with E-state index in [-0.39, 0.29) is 17.9 Å². The van der Waals surface area contributed by atoms with Crippen LogP contribution in [0, 0.1) is 5.92 Å². The fraction of sp³-hybridized carbons (Fsp3) is 0.900. The molecule has 14 heavy (non-hydrogen) atoms. The number of nitrogens with one attached hydrogen (secondary N) is 2. The van der Waals surface area contributed by atoms with Crippen LogP contribution in [0.15, 0.2) is 0 Å². The number of piperidine rings is 1. The van der Waals surface area contributed by atoms with Crippen molar-refractivity contribution < 1.29 is 9.90 Å². The van der Waals surface area contributed by atoms with Crippen molar-refractivity contribution in [3.63, 3.8) is 0 Å². The Morgan fingerprint density at radius 2 is 2.50 bits per heavy atom. The van der Waals surface area contributed by atoms with Gasteiger partial charge >= 0.3 is 0 Å². The molecule has 4 nitrogen and oxygen atoms in total. The van der Waals surface area contributed by atoms with Gasteiger partial charge < -0.3 is 15.7 Å². The second-order valence-corrected chi connectivity index (χ2v) is 3.97. The van der Waals surface area contributed by atoms with E-state index in [1.165, 1.54) is 0 Å². The Kier molecular flexibility index (Phi) is 4.90. The lowest BCUT2D eigenvalue weighted by atomic mass is 9.99. The normalized spacial score (nSPS) is 24.3. The van der Waals surface area contributed by atoms with Crippen LogP contribution in [0.25, 0.3) is 0 Å². The lowest BCUT2D eigenvalue weighted by Crippen LogP contribution is -2.41. The number of aliphatic hydroxyl groups excluding tert-OH is 1. The Morgan fingerprint density at radius 3 is 3.07 bits per heavy atom. The van der Waals surface area contributed by atoms with E-state index in [0.717, 1.165) is 25.9 Å². The molecule has 1 fully saturated rings. The maximum absolute atomic E-state index is 11.5. The molecule has 1 saturated heterocycles. The van der Waals surface area contributed by atoms with E-state index in [1.807, 2.05) is 0 Å². The van der Waals surface area contributed by atoms with Crippen molar-refractivity contribution in [3.05, 3.63) is 0 Å². The number of carbonyl (C=O) groups excluding carboxylic acids is 1. The van der Waals surface area contributed by atoms with Crippen LogP contribution >= 0.6 is 0 Å². The standard InChI is InChI=1S/C10H20N2O2/c1-8(13)4-6-12-10(14)9-3-2-5-11-7-9/h8-9,11,13H,2-7H2,1H3,(H,12,14)/t8?,9-/m1/s1. The minimum atomic E-state index is -0.334. The third-order valence-electron chi connectivity index (χ3n) is 2.53. The quantitative estimate of drug-likeness (QED) is 0.592. The number of hydrogen-bond acceptors (Lipinski definition) is 3. The first kappa shape index (κ1) is 11.5. The maximum atomic E-state index is 11.5. The summed E-state index contributed by atoms with van der Waals surface area (Å²) in [4.78, 5) is 11.5. The van der Waals surface area contributed by atoms with Crippen LogP contribution in [0.1, 0.15) is 26.2 Å². The van der Waals surface area contributed by atoms with Crippen LogP contribution in [0.3, 0.4) is 0 Å². The molecule has 82 valence electrons. The highest BCUT2D eigenvalue weighted by Crippen LogP contribution is 2.09. The average Bonchev–Trinajstić information content (AvgIpc) is 2.18. The van der Waals surface area contributed by atoms with Gasteiger partial charge in [-0.3, -0.25) is 4.79 Å². The van der Waals surface area contributed by atoms with Gasteiger partial charge in [0.25, 0.3) is 0 Å². The number of aliphatic hydroxyl groups is 1. The highest BCUT2D eigenvalue weighted by Gasteiger charge is 2.20. The molecule has 0 aliphatic carbocycles. The van der Waals surface area contributed by atoms with Crippen LogP contribution in [0.2, 0.25) is 0 Å². The number of hydrogen-bond donors (Lipinski definition) is 3. The zero-order chi connectivity index (χ0) is 10.4. The van der Waals surface area contributed by atoms with E-state index in [1.54, 1.807) is 6.92 Å². The van der Waals surface area contributed by atoms with Crippen LogP contribution in [0.4, 0.5) is 0 Å². The predicted octanol–water partition coefficient (Wildman–Crippen LogP) is -0.127. The maximum Gasteiger partial charge on any atom is 0.224 e. The van der Waals surface area contributed by atoms with E-state index in [0.29, 0.717) is 13.0 Å². The molecule has 0 radical (unpaired) electrons. The molecule has 1 unspecified atom stereocenters. The fourth-order valence-electron chi connectivity index (χ4n) is 1.62. The van der Waals surface area contributed by atoms with Crippen LogP contribution in [-0.2, 0) is 4.79 Å².